The van der Waals surface area contributed by atoms with Gasteiger partial charge in [-0.3, -0.25) is 0 Å². The molecule has 102 valence electrons. The average Bonchev–Trinajstić information content (AvgIpc) is 2.83. The molecule has 0 saturated carbocycles. The number of nitrogens with zero attached hydrogens (tertiary/aromatic N) is 2. The topological polar surface area (TPSA) is 51.0 Å². The highest BCUT2D eigenvalue weighted by Crippen LogP contribution is 2.21. The summed E-state index contributed by atoms with van der Waals surface area (Å²) in [5, 5.41) is 11.5. The van der Waals surface area contributed by atoms with Gasteiger partial charge in [-0.2, -0.15) is 0 Å². The molecule has 4 nitrogen and oxygen atoms in total. The van der Waals surface area contributed by atoms with Crippen LogP contribution in [0.2, 0.25) is 0 Å². The zero-order chi connectivity index (χ0) is 13.7. The van der Waals surface area contributed by atoms with Crippen LogP contribution in [0.25, 0.3) is 11.5 Å². The summed E-state index contributed by atoms with van der Waals surface area (Å²) >= 11 is 3.43. The van der Waals surface area contributed by atoms with Crippen molar-refractivity contribution >= 4 is 15.9 Å². The summed E-state index contributed by atoms with van der Waals surface area (Å²) in [5.41, 5.74) is 0.938. The fraction of sp³-hybridized carbons (Fsp3) is 0.429. The van der Waals surface area contributed by atoms with E-state index < -0.39 is 0 Å². The van der Waals surface area contributed by atoms with Gasteiger partial charge >= 0.3 is 0 Å². The number of aromatic nitrogens is 2. The maximum Gasteiger partial charge on any atom is 0.247 e. The first-order valence-electron chi connectivity index (χ1n) is 6.47. The zero-order valence-corrected chi connectivity index (χ0v) is 12.8. The summed E-state index contributed by atoms with van der Waals surface area (Å²) in [5.74, 6) is 1.27. The molecule has 1 aromatic heterocycles. The van der Waals surface area contributed by atoms with Crippen molar-refractivity contribution in [2.75, 3.05) is 6.54 Å². The monoisotopic (exact) mass is 323 g/mol. The minimum Gasteiger partial charge on any atom is -0.421 e. The number of hydrogen-bond donors (Lipinski definition) is 1. The Morgan fingerprint density at radius 1 is 1.32 bits per heavy atom. The maximum atomic E-state index is 5.66. The Balaban J connectivity index is 1.92. The molecular weight excluding hydrogens is 306 g/mol. The number of halogens is 1. The lowest BCUT2D eigenvalue weighted by atomic mass is 10.2. The number of benzene rings is 1. The molecule has 1 aromatic carbocycles. The lowest BCUT2D eigenvalue weighted by Crippen LogP contribution is -2.23. The second-order valence-electron chi connectivity index (χ2n) is 4.72. The molecule has 2 aromatic rings. The second kappa shape index (κ2) is 6.82. The number of hydrogen-bond acceptors (Lipinski definition) is 4. The van der Waals surface area contributed by atoms with Crippen LogP contribution in [0.15, 0.2) is 33.2 Å². The van der Waals surface area contributed by atoms with E-state index in [0.717, 1.165) is 29.4 Å². The van der Waals surface area contributed by atoms with Crippen molar-refractivity contribution in [1.82, 2.24) is 15.5 Å². The lowest BCUT2D eigenvalue weighted by Gasteiger charge is -2.05. The third-order valence-electron chi connectivity index (χ3n) is 2.66. The fourth-order valence-electron chi connectivity index (χ4n) is 1.72. The van der Waals surface area contributed by atoms with Gasteiger partial charge in [0.1, 0.15) is 0 Å². The first kappa shape index (κ1) is 14.2. The minimum absolute atomic E-state index is 0.514. The number of nitrogens with one attached hydrogen (secondary N) is 1. The normalized spacial score (nSPS) is 11.2. The van der Waals surface area contributed by atoms with Gasteiger partial charge in [-0.25, -0.2) is 0 Å². The van der Waals surface area contributed by atoms with Crippen molar-refractivity contribution in [3.63, 3.8) is 0 Å². The Hall–Kier alpha value is -1.20. The first-order valence-corrected chi connectivity index (χ1v) is 7.26. The summed E-state index contributed by atoms with van der Waals surface area (Å²) in [6, 6.07) is 8.37. The van der Waals surface area contributed by atoms with Crippen LogP contribution in [0.5, 0.6) is 0 Å². The van der Waals surface area contributed by atoms with Crippen molar-refractivity contribution in [1.29, 1.82) is 0 Å². The van der Waals surface area contributed by atoms with Crippen LogP contribution >= 0.6 is 15.9 Å². The number of aryl methyl sites for hydroxylation is 1. The molecule has 0 radical (unpaired) electrons. The van der Waals surface area contributed by atoms with E-state index in [2.05, 4.69) is 45.3 Å². The van der Waals surface area contributed by atoms with Gasteiger partial charge in [-0.1, -0.05) is 35.8 Å². The van der Waals surface area contributed by atoms with E-state index in [9.17, 15) is 0 Å². The van der Waals surface area contributed by atoms with Gasteiger partial charge in [-0.15, -0.1) is 10.2 Å². The Morgan fingerprint density at radius 3 is 2.89 bits per heavy atom. The summed E-state index contributed by atoms with van der Waals surface area (Å²) in [6.07, 6.45) is 1.80. The van der Waals surface area contributed by atoms with Crippen LogP contribution in [0.3, 0.4) is 0 Å². The molecule has 0 atom stereocenters. The van der Waals surface area contributed by atoms with Gasteiger partial charge in [0.05, 0.1) is 0 Å². The lowest BCUT2D eigenvalue weighted by molar-refractivity contribution is 0.484. The van der Waals surface area contributed by atoms with Crippen LogP contribution in [-0.4, -0.2) is 22.8 Å². The third kappa shape index (κ3) is 4.44. The van der Waals surface area contributed by atoms with E-state index in [4.69, 9.17) is 4.42 Å². The molecule has 0 saturated heterocycles. The van der Waals surface area contributed by atoms with Gasteiger partial charge in [-0.05, 0) is 31.2 Å². The van der Waals surface area contributed by atoms with E-state index >= 15 is 0 Å². The molecule has 0 aliphatic heterocycles. The minimum atomic E-state index is 0.514. The van der Waals surface area contributed by atoms with Gasteiger partial charge in [0, 0.05) is 22.5 Å². The van der Waals surface area contributed by atoms with Crippen molar-refractivity contribution in [3.05, 3.63) is 34.6 Å². The quantitative estimate of drug-likeness (QED) is 0.827. The van der Waals surface area contributed by atoms with Crippen molar-refractivity contribution < 1.29 is 4.42 Å². The molecule has 0 spiro atoms. The van der Waals surface area contributed by atoms with Gasteiger partial charge in [0.15, 0.2) is 0 Å². The third-order valence-corrected chi connectivity index (χ3v) is 3.15. The summed E-state index contributed by atoms with van der Waals surface area (Å²) in [4.78, 5) is 0. The van der Waals surface area contributed by atoms with Crippen molar-refractivity contribution in [2.45, 2.75) is 32.7 Å². The predicted octanol–water partition coefficient (Wildman–Crippen LogP) is 3.43. The van der Waals surface area contributed by atoms with Crippen LogP contribution in [0.1, 0.15) is 26.2 Å². The predicted molar refractivity (Wildman–Crippen MR) is 78.9 cm³/mol. The molecule has 0 aliphatic rings. The van der Waals surface area contributed by atoms with E-state index in [-0.39, 0.29) is 0 Å². The Morgan fingerprint density at radius 2 is 2.16 bits per heavy atom. The van der Waals surface area contributed by atoms with E-state index in [0.29, 0.717) is 17.8 Å². The SMILES string of the molecule is CC(C)NCCCc1nnc(-c2cccc(Br)c2)o1. The number of rotatable bonds is 6. The highest BCUT2D eigenvalue weighted by Gasteiger charge is 2.08. The molecule has 2 rings (SSSR count). The van der Waals surface area contributed by atoms with Gasteiger partial charge < -0.3 is 9.73 Å². The van der Waals surface area contributed by atoms with E-state index in [1.165, 1.54) is 0 Å². The summed E-state index contributed by atoms with van der Waals surface area (Å²) in [7, 11) is 0. The Kier molecular flexibility index (Phi) is 5.10. The van der Waals surface area contributed by atoms with Crippen molar-refractivity contribution in [2.24, 2.45) is 0 Å². The van der Waals surface area contributed by atoms with Crippen molar-refractivity contribution in [3.8, 4) is 11.5 Å². The molecule has 0 aliphatic carbocycles. The van der Waals surface area contributed by atoms with Crippen LogP contribution in [0.4, 0.5) is 0 Å². The Bertz CT molecular complexity index is 525. The molecule has 5 heteroatoms. The van der Waals surface area contributed by atoms with Crippen LogP contribution < -0.4 is 5.32 Å². The van der Waals surface area contributed by atoms with E-state index in [1.54, 1.807) is 0 Å². The summed E-state index contributed by atoms with van der Waals surface area (Å²) in [6.45, 7) is 5.24. The molecule has 0 bridgehead atoms. The molecule has 0 fully saturated rings. The first-order chi connectivity index (χ1) is 9.15. The fourth-order valence-corrected chi connectivity index (χ4v) is 2.12. The van der Waals surface area contributed by atoms with Crippen LogP contribution in [0, 0.1) is 0 Å². The largest absolute Gasteiger partial charge is 0.421 e. The highest BCUT2D eigenvalue weighted by molar-refractivity contribution is 9.10. The second-order valence-corrected chi connectivity index (χ2v) is 5.64. The Labute approximate surface area is 121 Å². The summed E-state index contributed by atoms with van der Waals surface area (Å²) < 4.78 is 6.67. The van der Waals surface area contributed by atoms with E-state index in [1.807, 2.05) is 24.3 Å². The van der Waals surface area contributed by atoms with Gasteiger partial charge in [0.2, 0.25) is 11.8 Å². The molecule has 0 unspecified atom stereocenters. The highest BCUT2D eigenvalue weighted by atomic mass is 79.9. The molecule has 0 amide bonds. The standard InChI is InChI=1S/C14H18BrN3O/c1-10(2)16-8-4-7-13-17-18-14(19-13)11-5-3-6-12(15)9-11/h3,5-6,9-10,16H,4,7-8H2,1-2H3. The van der Waals surface area contributed by atoms with Gasteiger partial charge in [0.25, 0.3) is 0 Å². The average molecular weight is 324 g/mol. The molecule has 1 heterocycles. The zero-order valence-electron chi connectivity index (χ0n) is 11.2. The molecule has 1 N–H and O–H groups in total. The maximum absolute atomic E-state index is 5.66. The smallest absolute Gasteiger partial charge is 0.247 e. The molecular formula is C14H18BrN3O. The molecule has 19 heavy (non-hydrogen) atoms. The van der Waals surface area contributed by atoms with Crippen LogP contribution in [-0.2, 0) is 6.42 Å².